The molecule has 0 aromatic carbocycles. The summed E-state index contributed by atoms with van der Waals surface area (Å²) >= 11 is 0. The fraction of sp³-hybridized carbons (Fsp3) is 0.800. The van der Waals surface area contributed by atoms with E-state index in [4.69, 9.17) is 5.11 Å². The number of carbonyl (C=O) groups excluding carboxylic acids is 1. The fourth-order valence-electron chi connectivity index (χ4n) is 0.755. The van der Waals surface area contributed by atoms with E-state index in [-0.39, 0.29) is 18.6 Å². The summed E-state index contributed by atoms with van der Waals surface area (Å²) < 4.78 is 0. The predicted molar refractivity (Wildman–Crippen MR) is 27.2 cm³/mol. The lowest BCUT2D eigenvalue weighted by Crippen LogP contribution is -2.20. The molecule has 0 aromatic rings. The van der Waals surface area contributed by atoms with E-state index < -0.39 is 0 Å². The van der Waals surface area contributed by atoms with Crippen LogP contribution in [0.15, 0.2) is 0 Å². The quantitative estimate of drug-likeness (QED) is 0.488. The molecule has 0 aromatic heterocycles. The minimum atomic E-state index is -0.0949. The van der Waals surface area contributed by atoms with Crippen LogP contribution in [-0.2, 0) is 4.79 Å². The maximum atomic E-state index is 10.3. The highest BCUT2D eigenvalue weighted by atomic mass is 16.3. The van der Waals surface area contributed by atoms with Crippen molar-refractivity contribution in [2.75, 3.05) is 6.61 Å². The molecular weight excluding hydrogens is 106 g/mol. The van der Waals surface area contributed by atoms with Crippen molar-refractivity contribution in [1.29, 1.82) is 0 Å². The van der Waals surface area contributed by atoms with Gasteiger partial charge in [0.25, 0.3) is 0 Å². The second-order valence-corrected chi connectivity index (χ2v) is 1.90. The second kappa shape index (κ2) is 2.13. The first-order valence-corrected chi connectivity index (χ1v) is 2.67. The second-order valence-electron chi connectivity index (χ2n) is 1.90. The Morgan fingerprint density at radius 3 is 2.88 bits per heavy atom. The van der Waals surface area contributed by atoms with Gasteiger partial charge in [0.1, 0.15) is 0 Å². The third kappa shape index (κ3) is 0.980. The molecule has 1 radical (unpaired) electrons. The van der Waals surface area contributed by atoms with Crippen LogP contribution in [0.3, 0.4) is 0 Å². The van der Waals surface area contributed by atoms with E-state index in [0.29, 0.717) is 6.42 Å². The number of hydrogen-bond acceptors (Lipinski definition) is 2. The Labute approximate surface area is 47.7 Å². The van der Waals surface area contributed by atoms with Crippen molar-refractivity contribution in [3.63, 3.8) is 0 Å². The van der Waals surface area contributed by atoms with Crippen molar-refractivity contribution in [2.45, 2.75) is 18.9 Å². The van der Waals surface area contributed by atoms with Crippen LogP contribution in [-0.4, -0.2) is 23.7 Å². The van der Waals surface area contributed by atoms with Crippen molar-refractivity contribution < 1.29 is 9.90 Å². The molecule has 1 amide bonds. The fourth-order valence-corrected chi connectivity index (χ4v) is 0.755. The zero-order valence-electron chi connectivity index (χ0n) is 4.50. The van der Waals surface area contributed by atoms with E-state index in [1.807, 2.05) is 0 Å². The molecule has 3 nitrogen and oxygen atoms in total. The van der Waals surface area contributed by atoms with Gasteiger partial charge in [0.05, 0.1) is 12.6 Å². The standard InChI is InChI=1S/C5H8NO2/c7-3-4-1-2-5(8)6-4/h4,7H,1-3H2/t4-/m1/s1. The molecule has 1 aliphatic rings. The Balaban J connectivity index is 2.32. The molecule has 1 aliphatic heterocycles. The lowest BCUT2D eigenvalue weighted by Gasteiger charge is -1.98. The van der Waals surface area contributed by atoms with Crippen LogP contribution in [0.5, 0.6) is 0 Å². The van der Waals surface area contributed by atoms with Crippen LogP contribution in [0.2, 0.25) is 0 Å². The van der Waals surface area contributed by atoms with Gasteiger partial charge in [-0.25, -0.2) is 5.32 Å². The van der Waals surface area contributed by atoms with Crippen molar-refractivity contribution in [3.05, 3.63) is 0 Å². The van der Waals surface area contributed by atoms with Crippen LogP contribution in [0.4, 0.5) is 0 Å². The molecular formula is C5H8NO2. The van der Waals surface area contributed by atoms with Crippen LogP contribution in [0, 0.1) is 0 Å². The third-order valence-electron chi connectivity index (χ3n) is 1.23. The van der Waals surface area contributed by atoms with E-state index in [1.54, 1.807) is 0 Å². The summed E-state index contributed by atoms with van der Waals surface area (Å²) in [5, 5.41) is 12.1. The van der Waals surface area contributed by atoms with E-state index in [1.165, 1.54) is 0 Å². The molecule has 0 spiro atoms. The Morgan fingerprint density at radius 1 is 1.88 bits per heavy atom. The Morgan fingerprint density at radius 2 is 2.62 bits per heavy atom. The minimum absolute atomic E-state index is 0.0196. The van der Waals surface area contributed by atoms with Gasteiger partial charge in [0.15, 0.2) is 0 Å². The van der Waals surface area contributed by atoms with Crippen LogP contribution < -0.4 is 5.32 Å². The van der Waals surface area contributed by atoms with Gasteiger partial charge in [-0.05, 0) is 6.42 Å². The van der Waals surface area contributed by atoms with Crippen molar-refractivity contribution in [1.82, 2.24) is 5.32 Å². The molecule has 0 bridgehead atoms. The first-order valence-electron chi connectivity index (χ1n) is 2.67. The highest BCUT2D eigenvalue weighted by molar-refractivity contribution is 5.78. The normalized spacial score (nSPS) is 28.1. The first kappa shape index (κ1) is 5.56. The largest absolute Gasteiger partial charge is 0.394 e. The van der Waals surface area contributed by atoms with Gasteiger partial charge in [0.2, 0.25) is 5.91 Å². The predicted octanol–water partition coefficient (Wildman–Crippen LogP) is -0.728. The highest BCUT2D eigenvalue weighted by Gasteiger charge is 2.21. The average molecular weight is 114 g/mol. The monoisotopic (exact) mass is 114 g/mol. The van der Waals surface area contributed by atoms with Crippen molar-refractivity contribution in [2.24, 2.45) is 0 Å². The molecule has 1 atom stereocenters. The maximum absolute atomic E-state index is 10.3. The van der Waals surface area contributed by atoms with Gasteiger partial charge in [-0.2, -0.15) is 0 Å². The van der Waals surface area contributed by atoms with E-state index >= 15 is 0 Å². The summed E-state index contributed by atoms with van der Waals surface area (Å²) in [7, 11) is 0. The summed E-state index contributed by atoms with van der Waals surface area (Å²) in [5.74, 6) is -0.0657. The number of aliphatic hydroxyl groups excluding tert-OH is 1. The molecule has 1 heterocycles. The van der Waals surface area contributed by atoms with Gasteiger partial charge in [0, 0.05) is 6.42 Å². The zero-order valence-corrected chi connectivity index (χ0v) is 4.50. The Kier molecular flexibility index (Phi) is 1.48. The van der Waals surface area contributed by atoms with Crippen LogP contribution in [0.25, 0.3) is 0 Å². The number of nitrogens with zero attached hydrogens (tertiary/aromatic N) is 1. The number of aliphatic hydroxyl groups is 1. The first-order chi connectivity index (χ1) is 3.83. The summed E-state index contributed by atoms with van der Waals surface area (Å²) in [6.07, 6.45) is 1.25. The molecule has 8 heavy (non-hydrogen) atoms. The molecule has 0 unspecified atom stereocenters. The zero-order chi connectivity index (χ0) is 5.98. The highest BCUT2D eigenvalue weighted by Crippen LogP contribution is 2.06. The third-order valence-corrected chi connectivity index (χ3v) is 1.23. The topological polar surface area (TPSA) is 51.4 Å². The Hall–Kier alpha value is -0.570. The Bertz CT molecular complexity index is 103. The molecule has 1 N–H and O–H groups in total. The minimum Gasteiger partial charge on any atom is -0.394 e. The molecule has 45 valence electrons. The molecule has 0 aliphatic carbocycles. The maximum Gasteiger partial charge on any atom is 0.241 e. The molecule has 0 saturated carbocycles. The summed E-state index contributed by atoms with van der Waals surface area (Å²) in [4.78, 5) is 10.3. The lowest BCUT2D eigenvalue weighted by atomic mass is 10.2. The summed E-state index contributed by atoms with van der Waals surface area (Å²) in [6.45, 7) is 0.0196. The molecule has 3 heteroatoms. The number of amides is 1. The van der Waals surface area contributed by atoms with Gasteiger partial charge >= 0.3 is 0 Å². The van der Waals surface area contributed by atoms with Crippen molar-refractivity contribution >= 4 is 5.91 Å². The average Bonchev–Trinajstić information content (AvgIpc) is 2.14. The van der Waals surface area contributed by atoms with Gasteiger partial charge in [-0.1, -0.05) is 0 Å². The molecule has 1 fully saturated rings. The molecule has 1 rings (SSSR count). The van der Waals surface area contributed by atoms with E-state index in [2.05, 4.69) is 5.32 Å². The summed E-state index contributed by atoms with van der Waals surface area (Å²) in [6, 6.07) is -0.0949. The molecule has 1 saturated heterocycles. The number of rotatable bonds is 1. The number of carbonyl (C=O) groups is 1. The van der Waals surface area contributed by atoms with Gasteiger partial charge in [-0.3, -0.25) is 4.79 Å². The van der Waals surface area contributed by atoms with E-state index in [0.717, 1.165) is 6.42 Å². The van der Waals surface area contributed by atoms with Gasteiger partial charge < -0.3 is 5.11 Å². The van der Waals surface area contributed by atoms with Crippen LogP contribution >= 0.6 is 0 Å². The number of hydrogen-bond donors (Lipinski definition) is 1. The van der Waals surface area contributed by atoms with Crippen LogP contribution in [0.1, 0.15) is 12.8 Å². The van der Waals surface area contributed by atoms with Gasteiger partial charge in [-0.15, -0.1) is 0 Å². The lowest BCUT2D eigenvalue weighted by molar-refractivity contribution is -0.119. The smallest absolute Gasteiger partial charge is 0.241 e. The van der Waals surface area contributed by atoms with E-state index in [9.17, 15) is 4.79 Å². The SMILES string of the molecule is O=C1CC[C@H](CO)[N]1. The van der Waals surface area contributed by atoms with Crippen molar-refractivity contribution in [3.8, 4) is 0 Å². The summed E-state index contributed by atoms with van der Waals surface area (Å²) in [5.41, 5.74) is 0.